The van der Waals surface area contributed by atoms with E-state index in [1.807, 2.05) is 7.05 Å². The third-order valence-electron chi connectivity index (χ3n) is 5.48. The molecule has 0 heterocycles. The van der Waals surface area contributed by atoms with Crippen LogP contribution in [-0.2, 0) is 14.3 Å². The summed E-state index contributed by atoms with van der Waals surface area (Å²) in [4.78, 5) is 11.1. The zero-order chi connectivity index (χ0) is 19.4. The van der Waals surface area contributed by atoms with E-state index >= 15 is 0 Å². The molecule has 7 nitrogen and oxygen atoms in total. The van der Waals surface area contributed by atoms with Crippen LogP contribution in [0.2, 0.25) is 0 Å². The number of carbonyl (C=O) groups excluding carboxylic acids is 1. The lowest BCUT2D eigenvalue weighted by molar-refractivity contribution is -0.140. The third kappa shape index (κ3) is 8.77. The van der Waals surface area contributed by atoms with Gasteiger partial charge in [-0.25, -0.2) is 0 Å². The van der Waals surface area contributed by atoms with Crippen molar-refractivity contribution in [3.05, 3.63) is 0 Å². The van der Waals surface area contributed by atoms with Gasteiger partial charge in [-0.3, -0.25) is 10.1 Å². The van der Waals surface area contributed by atoms with Crippen molar-refractivity contribution < 1.29 is 29.6 Å². The Balaban J connectivity index is 2.17. The summed E-state index contributed by atoms with van der Waals surface area (Å²) in [6, 6.07) is 0. The summed E-state index contributed by atoms with van der Waals surface area (Å²) < 4.78 is 9.72. The highest BCUT2D eigenvalue weighted by atomic mass is 16.6. The molecule has 0 aliphatic heterocycles. The predicted octanol–water partition coefficient (Wildman–Crippen LogP) is 1.68. The molecular formula is C19H37NO6. The molecule has 0 radical (unpaired) electrons. The first-order valence-corrected chi connectivity index (χ1v) is 9.80. The Hall–Kier alpha value is -0.730. The maximum absolute atomic E-state index is 11.1. The van der Waals surface area contributed by atoms with Gasteiger partial charge in [0.1, 0.15) is 13.0 Å². The van der Waals surface area contributed by atoms with Crippen molar-refractivity contribution >= 4 is 5.97 Å². The van der Waals surface area contributed by atoms with E-state index in [0.29, 0.717) is 25.7 Å². The molecule has 1 aliphatic carbocycles. The zero-order valence-corrected chi connectivity index (χ0v) is 16.3. The zero-order valence-electron chi connectivity index (χ0n) is 16.3. The van der Waals surface area contributed by atoms with Gasteiger partial charge in [-0.15, -0.1) is 0 Å². The molecule has 1 fully saturated rings. The van der Waals surface area contributed by atoms with E-state index in [0.717, 1.165) is 44.9 Å². The molecule has 1 aliphatic rings. The van der Waals surface area contributed by atoms with Crippen LogP contribution in [0.5, 0.6) is 0 Å². The summed E-state index contributed by atoms with van der Waals surface area (Å²) in [5, 5.41) is 32.4. The summed E-state index contributed by atoms with van der Waals surface area (Å²) >= 11 is 0. The van der Waals surface area contributed by atoms with Gasteiger partial charge in [0.15, 0.2) is 0 Å². The van der Waals surface area contributed by atoms with Crippen LogP contribution >= 0.6 is 0 Å². The number of methoxy groups -OCH3 is 1. The maximum Gasteiger partial charge on any atom is 0.305 e. The number of aliphatic hydroxyl groups excluding tert-OH is 3. The smallest absolute Gasteiger partial charge is 0.305 e. The highest BCUT2D eigenvalue weighted by Crippen LogP contribution is 2.54. The number of nitrogens with one attached hydrogen (secondary N) is 1. The molecule has 0 aromatic rings. The lowest BCUT2D eigenvalue weighted by Crippen LogP contribution is -2.28. The lowest BCUT2D eigenvalue weighted by Gasteiger charge is -2.24. The Labute approximate surface area is 157 Å². The maximum atomic E-state index is 11.1. The van der Waals surface area contributed by atoms with Crippen LogP contribution in [0.3, 0.4) is 0 Å². The van der Waals surface area contributed by atoms with E-state index in [2.05, 4.69) is 10.1 Å². The number of rotatable bonds is 16. The van der Waals surface area contributed by atoms with Gasteiger partial charge >= 0.3 is 5.97 Å². The number of carbonyl (C=O) groups is 1. The first kappa shape index (κ1) is 23.3. The first-order valence-electron chi connectivity index (χ1n) is 9.80. The second kappa shape index (κ2) is 12.6. The Morgan fingerprint density at radius 2 is 1.88 bits per heavy atom. The lowest BCUT2D eigenvalue weighted by atomic mass is 9.88. The van der Waals surface area contributed by atoms with Crippen LogP contribution in [0, 0.1) is 5.41 Å². The molecule has 0 aromatic carbocycles. The number of esters is 1. The summed E-state index contributed by atoms with van der Waals surface area (Å²) in [6.45, 7) is -0.275. The Morgan fingerprint density at radius 3 is 2.46 bits per heavy atom. The molecular weight excluding hydrogens is 338 g/mol. The molecule has 7 heteroatoms. The van der Waals surface area contributed by atoms with Crippen molar-refractivity contribution in [1.29, 1.82) is 0 Å². The van der Waals surface area contributed by atoms with E-state index in [4.69, 9.17) is 9.84 Å². The van der Waals surface area contributed by atoms with Gasteiger partial charge < -0.3 is 24.8 Å². The van der Waals surface area contributed by atoms with Gasteiger partial charge in [0.05, 0.1) is 19.3 Å². The Morgan fingerprint density at radius 1 is 1.15 bits per heavy atom. The monoisotopic (exact) mass is 375 g/mol. The van der Waals surface area contributed by atoms with Crippen molar-refractivity contribution in [2.45, 2.75) is 89.1 Å². The fourth-order valence-electron chi connectivity index (χ4n) is 3.50. The largest absolute Gasteiger partial charge is 0.469 e. The van der Waals surface area contributed by atoms with Gasteiger partial charge in [0.25, 0.3) is 0 Å². The van der Waals surface area contributed by atoms with E-state index in [-0.39, 0.29) is 24.4 Å². The molecule has 26 heavy (non-hydrogen) atoms. The molecule has 3 atom stereocenters. The quantitative estimate of drug-likeness (QED) is 0.185. The minimum Gasteiger partial charge on any atom is -0.469 e. The van der Waals surface area contributed by atoms with E-state index in [9.17, 15) is 15.0 Å². The van der Waals surface area contributed by atoms with Gasteiger partial charge in [-0.1, -0.05) is 12.8 Å². The average Bonchev–Trinajstić information content (AvgIpc) is 3.41. The molecule has 1 rings (SSSR count). The molecule has 0 bridgehead atoms. The summed E-state index contributed by atoms with van der Waals surface area (Å²) in [7, 11) is 3.17. The topological polar surface area (TPSA) is 108 Å². The second-order valence-corrected chi connectivity index (χ2v) is 7.41. The van der Waals surface area contributed by atoms with Crippen LogP contribution in [-0.4, -0.2) is 60.7 Å². The third-order valence-corrected chi connectivity index (χ3v) is 5.48. The molecule has 1 saturated carbocycles. The van der Waals surface area contributed by atoms with Crippen LogP contribution in [0.25, 0.3) is 0 Å². The summed E-state index contributed by atoms with van der Waals surface area (Å²) in [5.41, 5.74) is -0.0205. The summed E-state index contributed by atoms with van der Waals surface area (Å²) in [6.07, 6.45) is 7.62. The van der Waals surface area contributed by atoms with Crippen molar-refractivity contribution in [2.75, 3.05) is 21.0 Å². The Bertz CT molecular complexity index is 388. The van der Waals surface area contributed by atoms with Crippen molar-refractivity contribution in [2.24, 2.45) is 5.41 Å². The first-order chi connectivity index (χ1) is 12.5. The molecule has 0 saturated heterocycles. The second-order valence-electron chi connectivity index (χ2n) is 7.41. The number of ether oxygens (including phenoxy) is 2. The highest BCUT2D eigenvalue weighted by molar-refractivity contribution is 5.68. The number of hydrogen-bond donors (Lipinski definition) is 4. The van der Waals surface area contributed by atoms with Gasteiger partial charge in [-0.2, -0.15) is 0 Å². The van der Waals surface area contributed by atoms with Crippen molar-refractivity contribution in [1.82, 2.24) is 5.32 Å². The van der Waals surface area contributed by atoms with Gasteiger partial charge in [-0.05, 0) is 63.8 Å². The van der Waals surface area contributed by atoms with E-state index in [1.54, 1.807) is 0 Å². The normalized spacial score (nSPS) is 19.0. The predicted molar refractivity (Wildman–Crippen MR) is 98.3 cm³/mol. The van der Waals surface area contributed by atoms with Crippen LogP contribution in [0.1, 0.15) is 70.6 Å². The SMILES string of the molecule is CN[C@H](CCCCCC1([C@H](O)C[C@H](O)CCCC(=O)OC)CC1)OCO. The van der Waals surface area contributed by atoms with Crippen molar-refractivity contribution in [3.63, 3.8) is 0 Å². The van der Waals surface area contributed by atoms with Crippen molar-refractivity contribution in [3.8, 4) is 0 Å². The number of unbranched alkanes of at least 4 members (excludes halogenated alkanes) is 2. The molecule has 4 N–H and O–H groups in total. The fraction of sp³-hybridized carbons (Fsp3) is 0.947. The molecule has 0 aromatic heterocycles. The molecule has 0 unspecified atom stereocenters. The summed E-state index contributed by atoms with van der Waals surface area (Å²) in [5.74, 6) is -0.263. The van der Waals surface area contributed by atoms with Gasteiger partial charge in [0.2, 0.25) is 0 Å². The van der Waals surface area contributed by atoms with Crippen LogP contribution in [0.15, 0.2) is 0 Å². The van der Waals surface area contributed by atoms with E-state index in [1.165, 1.54) is 7.11 Å². The van der Waals surface area contributed by atoms with Gasteiger partial charge in [0, 0.05) is 6.42 Å². The van der Waals surface area contributed by atoms with Crippen LogP contribution in [0.4, 0.5) is 0 Å². The fourth-order valence-corrected chi connectivity index (χ4v) is 3.50. The standard InChI is InChI=1S/C19H37NO6/c1-20-17(26-14-21)8-4-3-5-10-19(11-12-19)16(23)13-15(22)7-6-9-18(24)25-2/h15-17,20-23H,3-14H2,1-2H3/t15-,16-,17+/m1/s1. The minimum atomic E-state index is -0.570. The number of hydrogen-bond acceptors (Lipinski definition) is 7. The molecule has 154 valence electrons. The minimum absolute atomic E-state index is 0.0205. The highest BCUT2D eigenvalue weighted by Gasteiger charge is 2.48. The van der Waals surface area contributed by atoms with E-state index < -0.39 is 12.2 Å². The Kier molecular flexibility index (Phi) is 11.3. The molecule has 0 spiro atoms. The number of aliphatic hydroxyl groups is 3. The van der Waals surface area contributed by atoms with Crippen LogP contribution < -0.4 is 5.32 Å². The molecule has 0 amide bonds. The average molecular weight is 376 g/mol.